The van der Waals surface area contributed by atoms with Gasteiger partial charge in [-0.3, -0.25) is 4.79 Å². The van der Waals surface area contributed by atoms with E-state index in [1.807, 2.05) is 4.90 Å². The molecule has 1 aliphatic heterocycles. The van der Waals surface area contributed by atoms with Crippen LogP contribution in [0.4, 0.5) is 0 Å². The second-order valence-electron chi connectivity index (χ2n) is 5.78. The van der Waals surface area contributed by atoms with E-state index in [4.69, 9.17) is 10.8 Å². The Labute approximate surface area is 125 Å². The lowest BCUT2D eigenvalue weighted by atomic mass is 9.94. The number of hydrogen-bond donors (Lipinski definition) is 3. The molecular weight excluding hydrogens is 268 g/mol. The van der Waals surface area contributed by atoms with E-state index < -0.39 is 6.04 Å². The van der Waals surface area contributed by atoms with Gasteiger partial charge in [0.05, 0.1) is 6.04 Å². The molecule has 1 amide bonds. The fraction of sp³-hybridized carbons (Fsp3) is 0.562. The maximum Gasteiger partial charge on any atom is 0.239 e. The van der Waals surface area contributed by atoms with Crippen LogP contribution >= 0.6 is 0 Å². The van der Waals surface area contributed by atoms with Crippen LogP contribution in [0.1, 0.15) is 24.8 Å². The molecule has 0 saturated carbocycles. The number of phenolic OH excluding ortho intramolecular Hbond substituents is 1. The summed E-state index contributed by atoms with van der Waals surface area (Å²) in [7, 11) is 0. The number of amides is 1. The van der Waals surface area contributed by atoms with Gasteiger partial charge in [0, 0.05) is 19.7 Å². The number of aromatic hydroxyl groups is 1. The number of carbonyl (C=O) groups is 1. The topological polar surface area (TPSA) is 86.8 Å². The summed E-state index contributed by atoms with van der Waals surface area (Å²) in [6.07, 6.45) is 3.26. The average molecular weight is 292 g/mol. The number of nitrogens with zero attached hydrogens (tertiary/aromatic N) is 1. The Morgan fingerprint density at radius 3 is 2.76 bits per heavy atom. The second-order valence-corrected chi connectivity index (χ2v) is 5.78. The molecule has 5 nitrogen and oxygen atoms in total. The van der Waals surface area contributed by atoms with Crippen LogP contribution in [0.2, 0.25) is 0 Å². The summed E-state index contributed by atoms with van der Waals surface area (Å²) in [5.74, 6) is 0.570. The van der Waals surface area contributed by atoms with Gasteiger partial charge in [0.1, 0.15) is 5.75 Å². The van der Waals surface area contributed by atoms with Crippen molar-refractivity contribution in [2.75, 3.05) is 19.7 Å². The number of carbonyl (C=O) groups excluding carboxylic acids is 1. The summed E-state index contributed by atoms with van der Waals surface area (Å²) in [5, 5.41) is 18.3. The third-order valence-corrected chi connectivity index (χ3v) is 4.08. The maximum atomic E-state index is 12.4. The van der Waals surface area contributed by atoms with Crippen LogP contribution in [-0.2, 0) is 11.2 Å². The normalized spacial score (nSPS) is 20.3. The lowest BCUT2D eigenvalue weighted by Gasteiger charge is -2.34. The molecular formula is C16H24N2O3. The highest BCUT2D eigenvalue weighted by atomic mass is 16.3. The third kappa shape index (κ3) is 4.44. The number of likely N-dealkylation sites (tertiary alicyclic amines) is 1. The van der Waals surface area contributed by atoms with Crippen molar-refractivity contribution in [2.45, 2.75) is 31.7 Å². The molecule has 1 fully saturated rings. The number of phenols is 1. The van der Waals surface area contributed by atoms with Crippen LogP contribution in [0.15, 0.2) is 24.3 Å². The lowest BCUT2D eigenvalue weighted by molar-refractivity contribution is -0.134. The van der Waals surface area contributed by atoms with Crippen molar-refractivity contribution < 1.29 is 15.0 Å². The fourth-order valence-electron chi connectivity index (χ4n) is 2.89. The summed E-state index contributed by atoms with van der Waals surface area (Å²) in [6.45, 7) is 1.62. The zero-order valence-electron chi connectivity index (χ0n) is 12.2. The van der Waals surface area contributed by atoms with E-state index in [1.165, 1.54) is 0 Å². The second kappa shape index (κ2) is 7.43. The van der Waals surface area contributed by atoms with Crippen molar-refractivity contribution in [1.29, 1.82) is 0 Å². The number of rotatable bonds is 5. The molecule has 0 radical (unpaired) electrons. The Morgan fingerprint density at radius 2 is 2.10 bits per heavy atom. The van der Waals surface area contributed by atoms with Crippen molar-refractivity contribution in [2.24, 2.45) is 11.7 Å². The standard InChI is InChI=1S/C16H24N2O3/c17-15(10-12-3-5-14(20)6-4-12)16(21)18-8-1-2-13(11-18)7-9-19/h3-6,13,15,19-20H,1-2,7-11,17H2/t13?,15-/m1/s1. The van der Waals surface area contributed by atoms with Gasteiger partial charge in [-0.1, -0.05) is 12.1 Å². The van der Waals surface area contributed by atoms with E-state index in [0.717, 1.165) is 31.4 Å². The minimum absolute atomic E-state index is 0.0225. The lowest BCUT2D eigenvalue weighted by Crippen LogP contribution is -2.48. The zero-order valence-corrected chi connectivity index (χ0v) is 12.2. The number of aliphatic hydroxyl groups excluding tert-OH is 1. The molecule has 0 aliphatic carbocycles. The smallest absolute Gasteiger partial charge is 0.239 e. The fourth-order valence-corrected chi connectivity index (χ4v) is 2.89. The van der Waals surface area contributed by atoms with Crippen LogP contribution in [0.3, 0.4) is 0 Å². The van der Waals surface area contributed by atoms with Gasteiger partial charge in [-0.2, -0.15) is 0 Å². The number of aliphatic hydroxyl groups is 1. The first-order valence-corrected chi connectivity index (χ1v) is 7.53. The minimum Gasteiger partial charge on any atom is -0.508 e. The number of nitrogens with two attached hydrogens (primary N) is 1. The molecule has 1 aromatic carbocycles. The van der Waals surface area contributed by atoms with Gasteiger partial charge >= 0.3 is 0 Å². The van der Waals surface area contributed by atoms with Crippen molar-refractivity contribution in [3.63, 3.8) is 0 Å². The summed E-state index contributed by atoms with van der Waals surface area (Å²) in [6, 6.07) is 6.22. The van der Waals surface area contributed by atoms with E-state index in [1.54, 1.807) is 24.3 Å². The van der Waals surface area contributed by atoms with E-state index in [-0.39, 0.29) is 18.3 Å². The van der Waals surface area contributed by atoms with Crippen molar-refractivity contribution in [1.82, 2.24) is 4.90 Å². The first-order chi connectivity index (χ1) is 10.1. The molecule has 2 atom stereocenters. The first kappa shape index (κ1) is 15.8. The highest BCUT2D eigenvalue weighted by molar-refractivity contribution is 5.82. The summed E-state index contributed by atoms with van der Waals surface area (Å²) in [5.41, 5.74) is 6.98. The van der Waals surface area contributed by atoms with Crippen molar-refractivity contribution in [3.8, 4) is 5.75 Å². The number of hydrogen-bond acceptors (Lipinski definition) is 4. The highest BCUT2D eigenvalue weighted by Gasteiger charge is 2.26. The Kier molecular flexibility index (Phi) is 5.59. The highest BCUT2D eigenvalue weighted by Crippen LogP contribution is 2.20. The Hall–Kier alpha value is -1.59. The molecule has 1 heterocycles. The van der Waals surface area contributed by atoms with Gasteiger partial charge in [0.25, 0.3) is 0 Å². The summed E-state index contributed by atoms with van der Waals surface area (Å²) in [4.78, 5) is 14.2. The molecule has 1 saturated heterocycles. The van der Waals surface area contributed by atoms with Gasteiger partial charge in [-0.15, -0.1) is 0 Å². The Balaban J connectivity index is 1.90. The van der Waals surface area contributed by atoms with Crippen LogP contribution < -0.4 is 5.73 Å². The van der Waals surface area contributed by atoms with Gasteiger partial charge in [0.15, 0.2) is 0 Å². The molecule has 1 unspecified atom stereocenters. The molecule has 0 aromatic heterocycles. The Bertz CT molecular complexity index is 459. The SMILES string of the molecule is N[C@H](Cc1ccc(O)cc1)C(=O)N1CCCC(CCO)C1. The van der Waals surface area contributed by atoms with Gasteiger partial charge < -0.3 is 20.8 Å². The van der Waals surface area contributed by atoms with Crippen LogP contribution in [-0.4, -0.2) is 46.8 Å². The molecule has 0 spiro atoms. The molecule has 2 rings (SSSR count). The molecule has 0 bridgehead atoms. The largest absolute Gasteiger partial charge is 0.508 e. The van der Waals surface area contributed by atoms with Gasteiger partial charge in [-0.05, 0) is 49.3 Å². The van der Waals surface area contributed by atoms with Gasteiger partial charge in [-0.25, -0.2) is 0 Å². The number of benzene rings is 1. The van der Waals surface area contributed by atoms with E-state index in [2.05, 4.69) is 0 Å². The molecule has 21 heavy (non-hydrogen) atoms. The molecule has 4 N–H and O–H groups in total. The number of piperidine rings is 1. The molecule has 116 valence electrons. The van der Waals surface area contributed by atoms with Crippen LogP contribution in [0.5, 0.6) is 5.75 Å². The summed E-state index contributed by atoms with van der Waals surface area (Å²) >= 11 is 0. The van der Waals surface area contributed by atoms with Crippen LogP contribution in [0.25, 0.3) is 0 Å². The predicted octanol–water partition coefficient (Wildman–Crippen LogP) is 0.883. The van der Waals surface area contributed by atoms with Crippen molar-refractivity contribution in [3.05, 3.63) is 29.8 Å². The first-order valence-electron chi connectivity index (χ1n) is 7.53. The molecule has 1 aromatic rings. The quantitative estimate of drug-likeness (QED) is 0.752. The van der Waals surface area contributed by atoms with E-state index >= 15 is 0 Å². The predicted molar refractivity (Wildman–Crippen MR) is 80.8 cm³/mol. The van der Waals surface area contributed by atoms with Gasteiger partial charge in [0.2, 0.25) is 5.91 Å². The monoisotopic (exact) mass is 292 g/mol. The van der Waals surface area contributed by atoms with E-state index in [9.17, 15) is 9.90 Å². The third-order valence-electron chi connectivity index (χ3n) is 4.08. The van der Waals surface area contributed by atoms with Crippen molar-refractivity contribution >= 4 is 5.91 Å². The molecule has 1 aliphatic rings. The molecule has 5 heteroatoms. The van der Waals surface area contributed by atoms with E-state index in [0.29, 0.717) is 18.9 Å². The average Bonchev–Trinajstić information content (AvgIpc) is 2.49. The zero-order chi connectivity index (χ0) is 15.2. The van der Waals surface area contributed by atoms with Crippen LogP contribution in [0, 0.1) is 5.92 Å². The maximum absolute atomic E-state index is 12.4. The summed E-state index contributed by atoms with van der Waals surface area (Å²) < 4.78 is 0. The Morgan fingerprint density at radius 1 is 1.38 bits per heavy atom. The minimum atomic E-state index is -0.553.